The minimum atomic E-state index is -3.44. The molecule has 0 aromatic rings. The average Bonchev–Trinajstić information content (AvgIpc) is 2.50. The van der Waals surface area contributed by atoms with Gasteiger partial charge in [0, 0.05) is 0 Å². The first kappa shape index (κ1) is 25.7. The van der Waals surface area contributed by atoms with Crippen molar-refractivity contribution in [2.45, 2.75) is 85.5 Å². The molecule has 7 heteroatoms. The molecule has 146 valence electrons. The molecule has 0 aromatic carbocycles. The Morgan fingerprint density at radius 3 is 1.88 bits per heavy atom. The van der Waals surface area contributed by atoms with Crippen molar-refractivity contribution in [3.8, 4) is 0 Å². The predicted octanol–water partition coefficient (Wildman–Crippen LogP) is 5.99. The summed E-state index contributed by atoms with van der Waals surface area (Å²) in [6.07, 6.45) is 7.98. The summed E-state index contributed by atoms with van der Waals surface area (Å²) in [6, 6.07) is 0. The van der Waals surface area contributed by atoms with Crippen LogP contribution in [0, 0.1) is 5.41 Å². The fraction of sp³-hybridized carbons (Fsp3) is 0.941. The minimum Gasteiger partial charge on any atom is -0.450 e. The Balaban J connectivity index is 0. The Hall–Kier alpha value is -0.580. The second kappa shape index (κ2) is 14.7. The van der Waals surface area contributed by atoms with E-state index in [4.69, 9.17) is 19.5 Å². The van der Waals surface area contributed by atoms with Crippen LogP contribution in [0.1, 0.15) is 85.5 Å². The smallest absolute Gasteiger partial charge is 0.450 e. The topological polar surface area (TPSA) is 104 Å². The van der Waals surface area contributed by atoms with Gasteiger partial charge in [0.1, 0.15) is 0 Å². The molecule has 0 radical (unpaired) electrons. The molecule has 1 atom stereocenters. The van der Waals surface area contributed by atoms with Crippen LogP contribution in [0.5, 0.6) is 0 Å². The zero-order valence-electron chi connectivity index (χ0n) is 15.8. The lowest BCUT2D eigenvalue weighted by atomic mass is 9.80. The number of carbonyl (C=O) groups is 1. The van der Waals surface area contributed by atoms with Gasteiger partial charge in [0.25, 0.3) is 0 Å². The van der Waals surface area contributed by atoms with Crippen molar-refractivity contribution >= 4 is 13.8 Å². The Morgan fingerprint density at radius 2 is 1.46 bits per heavy atom. The third-order valence-electron chi connectivity index (χ3n) is 4.39. The Bertz CT molecular complexity index is 351. The molecule has 0 aliphatic carbocycles. The lowest BCUT2D eigenvalue weighted by Crippen LogP contribution is -2.24. The number of carboxylic acid groups (broad SMARTS) is 2. The van der Waals surface area contributed by atoms with Crippen molar-refractivity contribution in [1.29, 1.82) is 0 Å². The van der Waals surface area contributed by atoms with Gasteiger partial charge in [-0.2, -0.15) is 0 Å². The fourth-order valence-corrected chi connectivity index (χ4v) is 4.62. The summed E-state index contributed by atoms with van der Waals surface area (Å²) >= 11 is 0. The van der Waals surface area contributed by atoms with E-state index >= 15 is 0 Å². The van der Waals surface area contributed by atoms with E-state index in [0.717, 1.165) is 44.9 Å². The summed E-state index contributed by atoms with van der Waals surface area (Å²) in [5.74, 6) is 0. The van der Waals surface area contributed by atoms with E-state index < -0.39 is 13.8 Å². The van der Waals surface area contributed by atoms with Gasteiger partial charge in [-0.25, -0.2) is 4.79 Å². The molecule has 6 nitrogen and oxygen atoms in total. The number of hydrogen-bond donors (Lipinski definition) is 3. The summed E-state index contributed by atoms with van der Waals surface area (Å²) in [6.45, 7) is 8.99. The van der Waals surface area contributed by atoms with E-state index in [9.17, 15) is 9.46 Å². The molecule has 0 aliphatic rings. The molecular weight excluding hydrogens is 331 g/mol. The van der Waals surface area contributed by atoms with E-state index in [1.807, 2.05) is 0 Å². The minimum absolute atomic E-state index is 0.0241. The van der Waals surface area contributed by atoms with Gasteiger partial charge in [-0.3, -0.25) is 4.57 Å². The van der Waals surface area contributed by atoms with Crippen molar-refractivity contribution in [2.24, 2.45) is 5.41 Å². The second-order valence-electron chi connectivity index (χ2n) is 6.28. The predicted molar refractivity (Wildman–Crippen MR) is 98.0 cm³/mol. The van der Waals surface area contributed by atoms with Crippen LogP contribution in [-0.4, -0.2) is 34.0 Å². The quantitative estimate of drug-likeness (QED) is 0.272. The van der Waals surface area contributed by atoms with E-state index in [1.54, 1.807) is 0 Å². The monoisotopic (exact) mass is 368 g/mol. The molecule has 0 rings (SSSR count). The molecule has 24 heavy (non-hydrogen) atoms. The Kier molecular flexibility index (Phi) is 15.8. The molecule has 0 spiro atoms. The highest BCUT2D eigenvalue weighted by Crippen LogP contribution is 2.51. The number of hydrogen-bond acceptors (Lipinski definition) is 3. The third-order valence-corrected chi connectivity index (χ3v) is 6.04. The molecule has 0 bridgehead atoms. The molecule has 0 aromatic heterocycles. The fourth-order valence-electron chi connectivity index (χ4n) is 2.66. The maximum Gasteiger partial charge on any atom is 0.503 e. The summed E-state index contributed by atoms with van der Waals surface area (Å²) in [4.78, 5) is 18.7. The maximum absolute atomic E-state index is 12.3. The summed E-state index contributed by atoms with van der Waals surface area (Å²) in [5.41, 5.74) is -0.0241. The van der Waals surface area contributed by atoms with Crippen LogP contribution in [0.25, 0.3) is 0 Å². The van der Waals surface area contributed by atoms with Gasteiger partial charge in [0.05, 0.1) is 12.8 Å². The average molecular weight is 368 g/mol. The molecule has 0 saturated heterocycles. The van der Waals surface area contributed by atoms with Crippen LogP contribution in [-0.2, 0) is 9.09 Å². The largest absolute Gasteiger partial charge is 0.503 e. The van der Waals surface area contributed by atoms with Crippen LogP contribution in [0.15, 0.2) is 0 Å². The molecule has 0 saturated carbocycles. The third kappa shape index (κ3) is 15.0. The summed E-state index contributed by atoms with van der Waals surface area (Å²) in [7, 11) is -3.44. The first-order chi connectivity index (χ1) is 11.2. The SMILES string of the molecule is CCCCCCOP(=O)(O)CC(CC)(CC)CCCC.O=C(O)O. The second-order valence-corrected chi connectivity index (χ2v) is 8.13. The molecule has 3 N–H and O–H groups in total. The first-order valence-corrected chi connectivity index (χ1v) is 10.8. The molecule has 1 unspecified atom stereocenters. The maximum atomic E-state index is 12.3. The number of rotatable bonds is 13. The van der Waals surface area contributed by atoms with Gasteiger partial charge < -0.3 is 19.6 Å². The number of unbranched alkanes of at least 4 members (excludes halogenated alkanes) is 4. The van der Waals surface area contributed by atoms with Crippen molar-refractivity contribution in [3.63, 3.8) is 0 Å². The molecule has 0 fully saturated rings. The zero-order valence-corrected chi connectivity index (χ0v) is 16.7. The molecular formula is C17H37O6P. The van der Waals surface area contributed by atoms with Crippen LogP contribution in [0.3, 0.4) is 0 Å². The van der Waals surface area contributed by atoms with Crippen LogP contribution in [0.2, 0.25) is 0 Å². The van der Waals surface area contributed by atoms with Gasteiger partial charge in [-0.15, -0.1) is 0 Å². The van der Waals surface area contributed by atoms with Crippen molar-refractivity contribution in [1.82, 2.24) is 0 Å². The van der Waals surface area contributed by atoms with E-state index in [2.05, 4.69) is 27.7 Å². The first-order valence-electron chi connectivity index (χ1n) is 9.06. The van der Waals surface area contributed by atoms with Crippen molar-refractivity contribution < 1.29 is 29.0 Å². The van der Waals surface area contributed by atoms with Crippen molar-refractivity contribution in [3.05, 3.63) is 0 Å². The van der Waals surface area contributed by atoms with Gasteiger partial charge >= 0.3 is 13.8 Å². The molecule has 0 heterocycles. The Morgan fingerprint density at radius 1 is 0.958 bits per heavy atom. The highest BCUT2D eigenvalue weighted by Gasteiger charge is 2.35. The lowest BCUT2D eigenvalue weighted by Gasteiger charge is -2.33. The normalized spacial score (nSPS) is 13.7. The van der Waals surface area contributed by atoms with E-state index in [0.29, 0.717) is 12.8 Å². The van der Waals surface area contributed by atoms with Crippen LogP contribution >= 0.6 is 7.60 Å². The van der Waals surface area contributed by atoms with Crippen LogP contribution in [0.4, 0.5) is 4.79 Å². The standard InChI is InChI=1S/C16H35O3P.CH2O3/c1-5-9-11-12-14-19-20(17,18)15-16(7-3,8-4)13-10-6-2;2-1(3)4/h5-15H2,1-4H3,(H,17,18);(H2,2,3,4). The highest BCUT2D eigenvalue weighted by molar-refractivity contribution is 7.52. The van der Waals surface area contributed by atoms with Crippen LogP contribution < -0.4 is 0 Å². The Labute approximate surface area is 147 Å². The van der Waals surface area contributed by atoms with Gasteiger partial charge in [-0.1, -0.05) is 59.8 Å². The highest BCUT2D eigenvalue weighted by atomic mass is 31.2. The van der Waals surface area contributed by atoms with Crippen molar-refractivity contribution in [2.75, 3.05) is 12.8 Å². The zero-order chi connectivity index (χ0) is 19.1. The lowest BCUT2D eigenvalue weighted by molar-refractivity contribution is 0.137. The molecule has 0 amide bonds. The summed E-state index contributed by atoms with van der Waals surface area (Å²) < 4.78 is 17.6. The van der Waals surface area contributed by atoms with Gasteiger partial charge in [-0.05, 0) is 31.1 Å². The summed E-state index contributed by atoms with van der Waals surface area (Å²) in [5, 5.41) is 13.9. The van der Waals surface area contributed by atoms with Gasteiger partial charge in [0.15, 0.2) is 0 Å². The van der Waals surface area contributed by atoms with Gasteiger partial charge in [0.2, 0.25) is 0 Å². The molecule has 0 aliphatic heterocycles. The van der Waals surface area contributed by atoms with E-state index in [-0.39, 0.29) is 5.41 Å². The van der Waals surface area contributed by atoms with E-state index in [1.165, 1.54) is 12.8 Å².